The van der Waals surface area contributed by atoms with Gasteiger partial charge in [0, 0.05) is 5.69 Å². The van der Waals surface area contributed by atoms with Gasteiger partial charge in [-0.1, -0.05) is 0 Å². The molecule has 1 saturated heterocycles. The first-order chi connectivity index (χ1) is 9.23. The van der Waals surface area contributed by atoms with E-state index in [0.717, 1.165) is 5.69 Å². The lowest BCUT2D eigenvalue weighted by atomic mass is 9.97. The second-order valence-corrected chi connectivity index (χ2v) is 5.41. The van der Waals surface area contributed by atoms with Crippen molar-refractivity contribution in [2.75, 3.05) is 6.54 Å². The summed E-state index contributed by atoms with van der Waals surface area (Å²) in [6, 6.07) is 3.41. The van der Waals surface area contributed by atoms with E-state index in [0.29, 0.717) is 11.3 Å². The first-order valence-corrected chi connectivity index (χ1v) is 6.34. The number of hydrogen-bond donors (Lipinski definition) is 1. The topological polar surface area (TPSA) is 79.4 Å². The molecule has 0 atom stereocenters. The van der Waals surface area contributed by atoms with Gasteiger partial charge in [0.15, 0.2) is 0 Å². The van der Waals surface area contributed by atoms with Gasteiger partial charge in [-0.05, 0) is 39.8 Å². The van der Waals surface area contributed by atoms with Crippen LogP contribution in [0, 0.1) is 13.8 Å². The van der Waals surface area contributed by atoms with Gasteiger partial charge in [0.05, 0.1) is 11.3 Å². The van der Waals surface area contributed by atoms with Crippen molar-refractivity contribution < 1.29 is 14.4 Å². The lowest BCUT2D eigenvalue weighted by Crippen LogP contribution is -2.65. The smallest absolute Gasteiger partial charge is 0.257 e. The number of pyridine rings is 1. The number of hydrogen-bond acceptors (Lipinski definition) is 4. The van der Waals surface area contributed by atoms with E-state index in [4.69, 9.17) is 0 Å². The van der Waals surface area contributed by atoms with Crippen LogP contribution in [0.3, 0.4) is 0 Å². The van der Waals surface area contributed by atoms with Gasteiger partial charge < -0.3 is 4.90 Å². The summed E-state index contributed by atoms with van der Waals surface area (Å²) in [6.07, 6.45) is 0. The summed E-state index contributed by atoms with van der Waals surface area (Å²) < 4.78 is 0. The number of aryl methyl sites for hydroxylation is 2. The van der Waals surface area contributed by atoms with Crippen LogP contribution in [-0.2, 0) is 9.59 Å². The van der Waals surface area contributed by atoms with Gasteiger partial charge in [-0.2, -0.15) is 0 Å². The lowest BCUT2D eigenvalue weighted by Gasteiger charge is -2.40. The number of nitrogens with zero attached hydrogens (tertiary/aromatic N) is 2. The third kappa shape index (κ3) is 2.29. The SMILES string of the molecule is Cc1ccc(C(=O)N2CC(=O)NC(=O)C2(C)C)c(C)n1. The van der Waals surface area contributed by atoms with Crippen molar-refractivity contribution >= 4 is 17.7 Å². The van der Waals surface area contributed by atoms with Crippen LogP contribution in [0.5, 0.6) is 0 Å². The first-order valence-electron chi connectivity index (χ1n) is 6.34. The second-order valence-electron chi connectivity index (χ2n) is 5.41. The fourth-order valence-corrected chi connectivity index (χ4v) is 2.17. The van der Waals surface area contributed by atoms with E-state index in [1.165, 1.54) is 4.90 Å². The van der Waals surface area contributed by atoms with Gasteiger partial charge >= 0.3 is 0 Å². The Balaban J connectivity index is 2.40. The van der Waals surface area contributed by atoms with Gasteiger partial charge in [0.1, 0.15) is 12.1 Å². The van der Waals surface area contributed by atoms with Crippen LogP contribution in [0.2, 0.25) is 0 Å². The molecular formula is C14H17N3O3. The van der Waals surface area contributed by atoms with E-state index in [2.05, 4.69) is 10.3 Å². The molecule has 0 bridgehead atoms. The highest BCUT2D eigenvalue weighted by atomic mass is 16.2. The minimum Gasteiger partial charge on any atom is -0.315 e. The zero-order chi connectivity index (χ0) is 15.1. The van der Waals surface area contributed by atoms with E-state index >= 15 is 0 Å². The summed E-state index contributed by atoms with van der Waals surface area (Å²) in [5, 5.41) is 2.24. The molecule has 106 valence electrons. The van der Waals surface area contributed by atoms with Gasteiger partial charge in [0.25, 0.3) is 11.8 Å². The fraction of sp³-hybridized carbons (Fsp3) is 0.429. The molecule has 0 aliphatic carbocycles. The molecular weight excluding hydrogens is 258 g/mol. The average Bonchev–Trinajstić information content (AvgIpc) is 2.33. The molecule has 1 N–H and O–H groups in total. The fourth-order valence-electron chi connectivity index (χ4n) is 2.17. The Labute approximate surface area is 117 Å². The van der Waals surface area contributed by atoms with E-state index in [1.807, 2.05) is 6.92 Å². The Hall–Kier alpha value is -2.24. The number of nitrogens with one attached hydrogen (secondary N) is 1. The highest BCUT2D eigenvalue weighted by molar-refractivity contribution is 6.09. The molecule has 6 nitrogen and oxygen atoms in total. The van der Waals surface area contributed by atoms with Gasteiger partial charge in [-0.3, -0.25) is 24.7 Å². The lowest BCUT2D eigenvalue weighted by molar-refractivity contribution is -0.143. The minimum atomic E-state index is -1.07. The molecule has 0 saturated carbocycles. The van der Waals surface area contributed by atoms with Crippen molar-refractivity contribution in [2.24, 2.45) is 0 Å². The first kappa shape index (κ1) is 14.2. The molecule has 1 fully saturated rings. The molecule has 0 radical (unpaired) electrons. The van der Waals surface area contributed by atoms with E-state index in [-0.39, 0.29) is 12.5 Å². The number of imide groups is 1. The minimum absolute atomic E-state index is 0.134. The predicted octanol–water partition coefficient (Wildman–Crippen LogP) is 0.576. The highest BCUT2D eigenvalue weighted by Crippen LogP contribution is 2.22. The van der Waals surface area contributed by atoms with E-state index in [9.17, 15) is 14.4 Å². The van der Waals surface area contributed by atoms with Crippen LogP contribution < -0.4 is 5.32 Å². The van der Waals surface area contributed by atoms with Crippen LogP contribution in [0.15, 0.2) is 12.1 Å². The largest absolute Gasteiger partial charge is 0.315 e. The van der Waals surface area contributed by atoms with Crippen LogP contribution in [0.4, 0.5) is 0 Å². The zero-order valence-corrected chi connectivity index (χ0v) is 12.0. The Kier molecular flexibility index (Phi) is 3.33. The Morgan fingerprint density at radius 1 is 1.30 bits per heavy atom. The molecule has 0 unspecified atom stereocenters. The Morgan fingerprint density at radius 2 is 1.95 bits per heavy atom. The molecule has 1 aromatic heterocycles. The summed E-state index contributed by atoms with van der Waals surface area (Å²) in [4.78, 5) is 41.5. The molecule has 1 aliphatic rings. The van der Waals surface area contributed by atoms with E-state index < -0.39 is 17.4 Å². The van der Waals surface area contributed by atoms with Crippen molar-refractivity contribution in [3.05, 3.63) is 29.1 Å². The Bertz CT molecular complexity index is 608. The molecule has 3 amide bonds. The monoisotopic (exact) mass is 275 g/mol. The number of rotatable bonds is 1. The summed E-state index contributed by atoms with van der Waals surface area (Å²) >= 11 is 0. The van der Waals surface area contributed by atoms with Crippen molar-refractivity contribution in [3.8, 4) is 0 Å². The van der Waals surface area contributed by atoms with Crippen molar-refractivity contribution in [1.29, 1.82) is 0 Å². The number of aromatic nitrogens is 1. The van der Waals surface area contributed by atoms with Crippen LogP contribution >= 0.6 is 0 Å². The van der Waals surface area contributed by atoms with Gasteiger partial charge in [-0.15, -0.1) is 0 Å². The maximum Gasteiger partial charge on any atom is 0.257 e. The number of carbonyl (C=O) groups is 3. The van der Waals surface area contributed by atoms with E-state index in [1.54, 1.807) is 32.9 Å². The second kappa shape index (κ2) is 4.70. The normalized spacial score (nSPS) is 17.9. The zero-order valence-electron chi connectivity index (χ0n) is 12.0. The Morgan fingerprint density at radius 3 is 2.55 bits per heavy atom. The summed E-state index contributed by atoms with van der Waals surface area (Å²) in [7, 11) is 0. The maximum atomic E-state index is 12.6. The third-order valence-corrected chi connectivity index (χ3v) is 3.49. The maximum absolute atomic E-state index is 12.6. The molecule has 2 heterocycles. The quantitative estimate of drug-likeness (QED) is 0.760. The average molecular weight is 275 g/mol. The van der Waals surface area contributed by atoms with Gasteiger partial charge in [-0.25, -0.2) is 0 Å². The highest BCUT2D eigenvalue weighted by Gasteiger charge is 2.44. The molecule has 1 aromatic rings. The molecule has 2 rings (SSSR count). The van der Waals surface area contributed by atoms with Crippen LogP contribution in [-0.4, -0.2) is 39.7 Å². The van der Waals surface area contributed by atoms with Crippen molar-refractivity contribution in [3.63, 3.8) is 0 Å². The molecule has 1 aliphatic heterocycles. The number of piperazine rings is 1. The standard InChI is InChI=1S/C14H17N3O3/c1-8-5-6-10(9(2)15-8)12(19)17-7-11(18)16-13(20)14(17,3)4/h5-6H,7H2,1-4H3,(H,16,18,20). The van der Waals surface area contributed by atoms with Crippen LogP contribution in [0.1, 0.15) is 35.6 Å². The third-order valence-electron chi connectivity index (χ3n) is 3.49. The molecule has 6 heteroatoms. The van der Waals surface area contributed by atoms with Crippen molar-refractivity contribution in [1.82, 2.24) is 15.2 Å². The van der Waals surface area contributed by atoms with Crippen LogP contribution in [0.25, 0.3) is 0 Å². The molecule has 0 spiro atoms. The molecule has 0 aromatic carbocycles. The predicted molar refractivity (Wildman–Crippen MR) is 72.0 cm³/mol. The van der Waals surface area contributed by atoms with Crippen molar-refractivity contribution in [2.45, 2.75) is 33.2 Å². The summed E-state index contributed by atoms with van der Waals surface area (Å²) in [5.41, 5.74) is 0.740. The number of carbonyl (C=O) groups excluding carboxylic acids is 3. The molecule has 20 heavy (non-hydrogen) atoms. The summed E-state index contributed by atoms with van der Waals surface area (Å²) in [6.45, 7) is 6.67. The van der Waals surface area contributed by atoms with Gasteiger partial charge in [0.2, 0.25) is 5.91 Å². The summed E-state index contributed by atoms with van der Waals surface area (Å²) in [5.74, 6) is -1.30. The number of amides is 3.